The normalized spacial score (nSPS) is 13.7. The molecular weight excluding hydrogens is 326 g/mol. The molecule has 2 rings (SSSR count). The van der Waals surface area contributed by atoms with Crippen molar-refractivity contribution in [2.75, 3.05) is 18.5 Å². The number of benzene rings is 1. The zero-order valence-electron chi connectivity index (χ0n) is 14.0. The number of imide groups is 1. The Morgan fingerprint density at radius 2 is 1.76 bits per heavy atom. The fraction of sp³-hybridized carbons (Fsp3) is 0.412. The number of rotatable bonds is 7. The first-order valence-corrected chi connectivity index (χ1v) is 8.12. The number of hydrogen-bond donors (Lipinski definition) is 2. The van der Waals surface area contributed by atoms with Gasteiger partial charge in [0.1, 0.15) is 0 Å². The van der Waals surface area contributed by atoms with E-state index in [2.05, 4.69) is 10.6 Å². The minimum atomic E-state index is -0.550. The Bertz CT molecular complexity index is 641. The fourth-order valence-corrected chi connectivity index (χ4v) is 2.36. The number of ether oxygens (including phenoxy) is 1. The van der Waals surface area contributed by atoms with Gasteiger partial charge in [-0.2, -0.15) is 0 Å². The highest BCUT2D eigenvalue weighted by Gasteiger charge is 2.28. The largest absolute Gasteiger partial charge is 0.450 e. The van der Waals surface area contributed by atoms with Gasteiger partial charge < -0.3 is 15.4 Å². The monoisotopic (exact) mass is 347 g/mol. The predicted molar refractivity (Wildman–Crippen MR) is 89.5 cm³/mol. The summed E-state index contributed by atoms with van der Waals surface area (Å²) in [7, 11) is 0. The summed E-state index contributed by atoms with van der Waals surface area (Å²) >= 11 is 0. The molecule has 134 valence electrons. The van der Waals surface area contributed by atoms with Gasteiger partial charge in [0.25, 0.3) is 0 Å². The molecule has 1 aromatic carbocycles. The summed E-state index contributed by atoms with van der Waals surface area (Å²) in [4.78, 5) is 47.3. The van der Waals surface area contributed by atoms with Crippen molar-refractivity contribution in [2.45, 2.75) is 32.7 Å². The van der Waals surface area contributed by atoms with Crippen molar-refractivity contribution in [3.63, 3.8) is 0 Å². The minimum Gasteiger partial charge on any atom is -0.450 e. The molecule has 4 amide bonds. The van der Waals surface area contributed by atoms with Gasteiger partial charge in [-0.05, 0) is 24.6 Å². The first-order valence-electron chi connectivity index (χ1n) is 8.12. The number of nitrogens with zero attached hydrogens (tertiary/aromatic N) is 1. The highest BCUT2D eigenvalue weighted by atomic mass is 16.5. The maximum atomic E-state index is 11.8. The lowest BCUT2D eigenvalue weighted by Gasteiger charge is -2.14. The van der Waals surface area contributed by atoms with Gasteiger partial charge >= 0.3 is 6.09 Å². The second-order valence-electron chi connectivity index (χ2n) is 5.52. The maximum absolute atomic E-state index is 11.8. The van der Waals surface area contributed by atoms with Gasteiger partial charge in [0.2, 0.25) is 17.7 Å². The van der Waals surface area contributed by atoms with Gasteiger partial charge in [-0.1, -0.05) is 12.1 Å². The molecule has 1 saturated heterocycles. The number of nitrogens with one attached hydrogen (secondary N) is 2. The Morgan fingerprint density at radius 1 is 1.12 bits per heavy atom. The second kappa shape index (κ2) is 8.81. The molecule has 1 aliphatic heterocycles. The summed E-state index contributed by atoms with van der Waals surface area (Å²) in [6, 6.07) is 6.92. The van der Waals surface area contributed by atoms with Gasteiger partial charge in [-0.15, -0.1) is 0 Å². The summed E-state index contributed by atoms with van der Waals surface area (Å²) in [6.07, 6.45) is 0.113. The van der Waals surface area contributed by atoms with E-state index in [9.17, 15) is 19.2 Å². The first-order chi connectivity index (χ1) is 12.0. The van der Waals surface area contributed by atoms with Crippen molar-refractivity contribution in [1.82, 2.24) is 10.2 Å². The Balaban J connectivity index is 1.78. The molecule has 0 radical (unpaired) electrons. The molecule has 0 atom stereocenters. The lowest BCUT2D eigenvalue weighted by Crippen LogP contribution is -2.28. The zero-order valence-corrected chi connectivity index (χ0v) is 14.0. The lowest BCUT2D eigenvalue weighted by atomic mass is 10.2. The molecule has 0 aromatic heterocycles. The van der Waals surface area contributed by atoms with E-state index in [0.717, 1.165) is 5.56 Å². The van der Waals surface area contributed by atoms with Crippen LogP contribution in [0.15, 0.2) is 24.3 Å². The highest BCUT2D eigenvalue weighted by molar-refractivity contribution is 6.01. The number of hydrogen-bond acceptors (Lipinski definition) is 5. The Kier molecular flexibility index (Phi) is 6.50. The molecule has 0 saturated carbocycles. The van der Waals surface area contributed by atoms with Crippen LogP contribution in [0.4, 0.5) is 10.5 Å². The smallest absolute Gasteiger partial charge is 0.407 e. The standard InChI is InChI=1S/C17H21N3O5/c1-2-25-17(24)18-10-9-14(21)19-13-5-3-12(4-6-13)11-20-15(22)7-8-16(20)23/h3-6H,2,7-11H2,1H3,(H,18,24)(H,19,21). The van der Waals surface area contributed by atoms with E-state index in [1.807, 2.05) is 0 Å². The van der Waals surface area contributed by atoms with Gasteiger partial charge in [0.15, 0.2) is 0 Å². The maximum Gasteiger partial charge on any atom is 0.407 e. The molecule has 1 aromatic rings. The van der Waals surface area contributed by atoms with E-state index in [1.165, 1.54) is 4.90 Å². The zero-order chi connectivity index (χ0) is 18.2. The number of alkyl carbamates (subject to hydrolysis) is 1. The highest BCUT2D eigenvalue weighted by Crippen LogP contribution is 2.17. The van der Waals surface area contributed by atoms with Crippen molar-refractivity contribution in [3.05, 3.63) is 29.8 Å². The molecule has 8 nitrogen and oxygen atoms in total. The van der Waals surface area contributed by atoms with Gasteiger partial charge in [0, 0.05) is 31.5 Å². The minimum absolute atomic E-state index is 0.122. The topological polar surface area (TPSA) is 105 Å². The number of amides is 4. The van der Waals surface area contributed by atoms with Crippen LogP contribution in [-0.4, -0.2) is 41.9 Å². The third kappa shape index (κ3) is 5.59. The van der Waals surface area contributed by atoms with Crippen molar-refractivity contribution in [1.29, 1.82) is 0 Å². The SMILES string of the molecule is CCOC(=O)NCCC(=O)Nc1ccc(CN2C(=O)CCC2=O)cc1. The molecule has 2 N–H and O–H groups in total. The number of carbonyl (C=O) groups is 4. The lowest BCUT2D eigenvalue weighted by molar-refractivity contribution is -0.139. The van der Waals surface area contributed by atoms with Crippen LogP contribution in [-0.2, 0) is 25.7 Å². The molecular formula is C17H21N3O5. The van der Waals surface area contributed by atoms with Crippen LogP contribution in [0.5, 0.6) is 0 Å². The molecule has 0 bridgehead atoms. The van der Waals surface area contributed by atoms with E-state index in [-0.39, 0.29) is 56.7 Å². The van der Waals surface area contributed by atoms with Gasteiger partial charge in [-0.3, -0.25) is 19.3 Å². The van der Waals surface area contributed by atoms with Crippen LogP contribution in [0.3, 0.4) is 0 Å². The summed E-state index contributed by atoms with van der Waals surface area (Å²) in [6.45, 7) is 2.40. The average molecular weight is 347 g/mol. The third-order valence-corrected chi connectivity index (χ3v) is 3.63. The molecule has 25 heavy (non-hydrogen) atoms. The molecule has 0 unspecified atom stereocenters. The molecule has 8 heteroatoms. The second-order valence-corrected chi connectivity index (χ2v) is 5.52. The number of likely N-dealkylation sites (tertiary alicyclic amines) is 1. The number of carbonyl (C=O) groups excluding carboxylic acids is 4. The van der Waals surface area contributed by atoms with E-state index in [1.54, 1.807) is 31.2 Å². The summed E-state index contributed by atoms with van der Waals surface area (Å²) < 4.78 is 4.69. The van der Waals surface area contributed by atoms with Gasteiger partial charge in [0.05, 0.1) is 13.2 Å². The van der Waals surface area contributed by atoms with Crippen LogP contribution in [0.25, 0.3) is 0 Å². The van der Waals surface area contributed by atoms with E-state index in [4.69, 9.17) is 4.74 Å². The van der Waals surface area contributed by atoms with Crippen molar-refractivity contribution in [2.24, 2.45) is 0 Å². The Labute approximate surface area is 145 Å². The molecule has 1 aliphatic rings. The molecule has 1 heterocycles. The van der Waals surface area contributed by atoms with Crippen molar-refractivity contribution < 1.29 is 23.9 Å². The van der Waals surface area contributed by atoms with Crippen molar-refractivity contribution >= 4 is 29.5 Å². The van der Waals surface area contributed by atoms with E-state index < -0.39 is 6.09 Å². The van der Waals surface area contributed by atoms with Crippen LogP contribution in [0.1, 0.15) is 31.7 Å². The Hall–Kier alpha value is -2.90. The van der Waals surface area contributed by atoms with Gasteiger partial charge in [-0.25, -0.2) is 4.79 Å². The van der Waals surface area contributed by atoms with Crippen LogP contribution >= 0.6 is 0 Å². The first kappa shape index (κ1) is 18.4. The summed E-state index contributed by atoms with van der Waals surface area (Å²) in [5, 5.41) is 5.17. The van der Waals surface area contributed by atoms with Crippen LogP contribution in [0, 0.1) is 0 Å². The molecule has 0 spiro atoms. The number of anilines is 1. The average Bonchev–Trinajstić information content (AvgIpc) is 2.89. The summed E-state index contributed by atoms with van der Waals surface area (Å²) in [5.41, 5.74) is 1.41. The van der Waals surface area contributed by atoms with Crippen LogP contribution < -0.4 is 10.6 Å². The van der Waals surface area contributed by atoms with E-state index >= 15 is 0 Å². The van der Waals surface area contributed by atoms with Crippen LogP contribution in [0.2, 0.25) is 0 Å². The Morgan fingerprint density at radius 3 is 2.36 bits per heavy atom. The molecule has 1 fully saturated rings. The fourth-order valence-electron chi connectivity index (χ4n) is 2.36. The summed E-state index contributed by atoms with van der Waals surface area (Å²) in [5.74, 6) is -0.553. The quantitative estimate of drug-likeness (QED) is 0.726. The third-order valence-electron chi connectivity index (χ3n) is 3.63. The predicted octanol–water partition coefficient (Wildman–Crippen LogP) is 1.41. The van der Waals surface area contributed by atoms with Crippen molar-refractivity contribution in [3.8, 4) is 0 Å². The molecule has 0 aliphatic carbocycles. The van der Waals surface area contributed by atoms with E-state index in [0.29, 0.717) is 5.69 Å².